The van der Waals surface area contributed by atoms with E-state index in [0.29, 0.717) is 0 Å². The summed E-state index contributed by atoms with van der Waals surface area (Å²) < 4.78 is 1.26. The Balaban J connectivity index is 2.56. The Bertz CT molecular complexity index is 594. The molecule has 0 radical (unpaired) electrons. The van der Waals surface area contributed by atoms with Gasteiger partial charge in [-0.3, -0.25) is 0 Å². The van der Waals surface area contributed by atoms with E-state index in [0.717, 1.165) is 0 Å². The van der Waals surface area contributed by atoms with Crippen molar-refractivity contribution in [3.8, 4) is 0 Å². The first-order chi connectivity index (χ1) is 8.91. The first-order valence-corrected chi connectivity index (χ1v) is 7.90. The average molecular weight is 385 g/mol. The largest absolute Gasteiger partial charge is 0.113 e. The Labute approximate surface area is 134 Å². The van der Waals surface area contributed by atoms with Crippen LogP contribution in [0.5, 0.6) is 0 Å². The third-order valence-corrected chi connectivity index (χ3v) is 5.41. The molecule has 0 aromatic heterocycles. The van der Waals surface area contributed by atoms with Gasteiger partial charge in [-0.15, -0.1) is 11.6 Å². The normalized spacial score (nSPS) is 12.5. The number of benzene rings is 2. The maximum absolute atomic E-state index is 6.77. The molecule has 2 rings (SSSR count). The van der Waals surface area contributed by atoms with Crippen molar-refractivity contribution in [2.24, 2.45) is 0 Å². The van der Waals surface area contributed by atoms with Gasteiger partial charge in [0.05, 0.1) is 5.38 Å². The molecule has 0 aliphatic carbocycles. The average Bonchev–Trinajstić information content (AvgIpc) is 2.31. The molecule has 0 spiro atoms. The Kier molecular flexibility index (Phi) is 4.57. The Morgan fingerprint density at radius 1 is 0.947 bits per heavy atom. The molecule has 1 unspecified atom stereocenters. The number of alkyl halides is 1. The molecule has 19 heavy (non-hydrogen) atoms. The second-order valence-electron chi connectivity index (χ2n) is 5.15. The first kappa shape index (κ1) is 14.9. The van der Waals surface area contributed by atoms with Crippen LogP contribution in [0, 0.1) is 31.3 Å². The monoisotopic (exact) mass is 384 g/mol. The third-order valence-electron chi connectivity index (χ3n) is 3.49. The lowest BCUT2D eigenvalue weighted by Crippen LogP contribution is -2.03. The summed E-state index contributed by atoms with van der Waals surface area (Å²) in [6.45, 7) is 8.55. The molecule has 0 nitrogen and oxygen atoms in total. The van der Waals surface area contributed by atoms with E-state index in [1.807, 2.05) is 0 Å². The first-order valence-electron chi connectivity index (χ1n) is 6.38. The van der Waals surface area contributed by atoms with E-state index >= 15 is 0 Å². The molecular weight excluding hydrogens is 367 g/mol. The molecule has 0 bridgehead atoms. The van der Waals surface area contributed by atoms with Crippen LogP contribution < -0.4 is 0 Å². The van der Waals surface area contributed by atoms with Crippen molar-refractivity contribution in [3.63, 3.8) is 0 Å². The fraction of sp³-hybridized carbons (Fsp3) is 0.294. The van der Waals surface area contributed by atoms with Crippen LogP contribution in [-0.2, 0) is 0 Å². The summed E-state index contributed by atoms with van der Waals surface area (Å²) in [6.07, 6.45) is 0. The highest BCUT2D eigenvalue weighted by atomic mass is 127. The summed E-state index contributed by atoms with van der Waals surface area (Å²) in [5.41, 5.74) is 7.57. The summed E-state index contributed by atoms with van der Waals surface area (Å²) in [5.74, 6) is 0. The summed E-state index contributed by atoms with van der Waals surface area (Å²) in [4.78, 5) is 0. The SMILES string of the molecule is Cc1cc(C)c(C(Cl)c2cccc(C)c2I)c(C)c1. The van der Waals surface area contributed by atoms with Gasteiger partial charge in [0.25, 0.3) is 0 Å². The van der Waals surface area contributed by atoms with E-state index in [9.17, 15) is 0 Å². The molecule has 0 fully saturated rings. The zero-order valence-electron chi connectivity index (χ0n) is 11.7. The van der Waals surface area contributed by atoms with Gasteiger partial charge in [-0.2, -0.15) is 0 Å². The Morgan fingerprint density at radius 3 is 2.11 bits per heavy atom. The molecule has 0 heterocycles. The standard InChI is InChI=1S/C17H18ClI/c1-10-8-12(3)15(13(4)9-10)16(18)14-7-5-6-11(2)17(14)19/h5-9,16H,1-4H3. The molecular formula is C17H18ClI. The second-order valence-corrected chi connectivity index (χ2v) is 6.67. The number of rotatable bonds is 2. The van der Waals surface area contributed by atoms with Crippen molar-refractivity contribution in [2.45, 2.75) is 33.1 Å². The van der Waals surface area contributed by atoms with E-state index < -0.39 is 0 Å². The lowest BCUT2D eigenvalue weighted by atomic mass is 9.93. The fourth-order valence-electron chi connectivity index (χ4n) is 2.61. The predicted molar refractivity (Wildman–Crippen MR) is 92.2 cm³/mol. The highest BCUT2D eigenvalue weighted by molar-refractivity contribution is 14.1. The molecule has 2 aromatic carbocycles. The molecule has 0 N–H and O–H groups in total. The minimum absolute atomic E-state index is 0.0765. The smallest absolute Gasteiger partial charge is 0.0850 e. The van der Waals surface area contributed by atoms with Crippen LogP contribution in [0.2, 0.25) is 0 Å². The van der Waals surface area contributed by atoms with Crippen LogP contribution in [0.15, 0.2) is 30.3 Å². The van der Waals surface area contributed by atoms with Gasteiger partial charge < -0.3 is 0 Å². The number of hydrogen-bond acceptors (Lipinski definition) is 0. The van der Waals surface area contributed by atoms with Crippen LogP contribution >= 0.6 is 34.2 Å². The maximum atomic E-state index is 6.77. The van der Waals surface area contributed by atoms with Gasteiger partial charge in [0.15, 0.2) is 0 Å². The molecule has 2 aromatic rings. The van der Waals surface area contributed by atoms with Crippen molar-refractivity contribution < 1.29 is 0 Å². The van der Waals surface area contributed by atoms with Crippen LogP contribution in [0.25, 0.3) is 0 Å². The molecule has 0 amide bonds. The van der Waals surface area contributed by atoms with E-state index in [1.54, 1.807) is 0 Å². The van der Waals surface area contributed by atoms with Crippen molar-refractivity contribution in [1.82, 2.24) is 0 Å². The van der Waals surface area contributed by atoms with Crippen LogP contribution in [-0.4, -0.2) is 0 Å². The zero-order valence-corrected chi connectivity index (χ0v) is 14.6. The molecule has 0 aliphatic rings. The van der Waals surface area contributed by atoms with Gasteiger partial charge in [-0.25, -0.2) is 0 Å². The van der Waals surface area contributed by atoms with Gasteiger partial charge in [-0.05, 0) is 78.1 Å². The molecule has 2 heteroatoms. The van der Waals surface area contributed by atoms with Crippen molar-refractivity contribution in [2.75, 3.05) is 0 Å². The summed E-state index contributed by atoms with van der Waals surface area (Å²) >= 11 is 9.16. The summed E-state index contributed by atoms with van der Waals surface area (Å²) in [6, 6.07) is 10.8. The van der Waals surface area contributed by atoms with Crippen LogP contribution in [0.3, 0.4) is 0 Å². The number of halogens is 2. The van der Waals surface area contributed by atoms with Crippen molar-refractivity contribution in [1.29, 1.82) is 0 Å². The Hall–Kier alpha value is -0.540. The Morgan fingerprint density at radius 2 is 1.53 bits per heavy atom. The van der Waals surface area contributed by atoms with Crippen molar-refractivity contribution >= 4 is 34.2 Å². The van der Waals surface area contributed by atoms with Gasteiger partial charge in [0.1, 0.15) is 0 Å². The number of aryl methyl sites for hydroxylation is 4. The summed E-state index contributed by atoms with van der Waals surface area (Å²) in [7, 11) is 0. The summed E-state index contributed by atoms with van der Waals surface area (Å²) in [5, 5.41) is -0.0765. The van der Waals surface area contributed by atoms with E-state index in [-0.39, 0.29) is 5.38 Å². The van der Waals surface area contributed by atoms with Gasteiger partial charge in [0, 0.05) is 3.57 Å². The quantitative estimate of drug-likeness (QED) is 0.450. The molecule has 0 saturated heterocycles. The molecule has 100 valence electrons. The van der Waals surface area contributed by atoms with E-state index in [1.165, 1.54) is 37.0 Å². The lowest BCUT2D eigenvalue weighted by Gasteiger charge is -2.19. The van der Waals surface area contributed by atoms with E-state index in [2.05, 4.69) is 80.6 Å². The predicted octanol–water partition coefficient (Wildman–Crippen LogP) is 5.85. The van der Waals surface area contributed by atoms with Crippen LogP contribution in [0.4, 0.5) is 0 Å². The lowest BCUT2D eigenvalue weighted by molar-refractivity contribution is 1.06. The maximum Gasteiger partial charge on any atom is 0.0850 e. The highest BCUT2D eigenvalue weighted by Gasteiger charge is 2.18. The van der Waals surface area contributed by atoms with E-state index in [4.69, 9.17) is 11.6 Å². The zero-order chi connectivity index (χ0) is 14.2. The third kappa shape index (κ3) is 2.97. The fourth-order valence-corrected chi connectivity index (χ4v) is 3.99. The molecule has 0 saturated carbocycles. The second kappa shape index (κ2) is 5.84. The molecule has 1 atom stereocenters. The molecule has 0 aliphatic heterocycles. The van der Waals surface area contributed by atoms with Crippen molar-refractivity contribution in [3.05, 3.63) is 67.3 Å². The van der Waals surface area contributed by atoms with Gasteiger partial charge in [-0.1, -0.05) is 35.9 Å². The minimum Gasteiger partial charge on any atom is -0.113 e. The van der Waals surface area contributed by atoms with Gasteiger partial charge in [0.2, 0.25) is 0 Å². The minimum atomic E-state index is -0.0765. The topological polar surface area (TPSA) is 0 Å². The highest BCUT2D eigenvalue weighted by Crippen LogP contribution is 2.36. The van der Waals surface area contributed by atoms with Gasteiger partial charge >= 0.3 is 0 Å². The van der Waals surface area contributed by atoms with Crippen LogP contribution in [0.1, 0.15) is 38.8 Å². The number of hydrogen-bond donors (Lipinski definition) is 0.